The van der Waals surface area contributed by atoms with Crippen LogP contribution in [0.15, 0.2) is 48.6 Å². The molecule has 11 nitrogen and oxygen atoms in total. The highest BCUT2D eigenvalue weighted by Gasteiger charge is 2.28. The first-order valence-electron chi connectivity index (χ1n) is 29.5. The maximum Gasteiger partial charge on any atom is 0.472 e. The van der Waals surface area contributed by atoms with E-state index >= 15 is 0 Å². The van der Waals surface area contributed by atoms with E-state index in [0.717, 1.165) is 109 Å². The number of esters is 3. The van der Waals surface area contributed by atoms with Gasteiger partial charge in [-0.2, -0.15) is 0 Å². The summed E-state index contributed by atoms with van der Waals surface area (Å²) < 4.78 is 39.5. The maximum absolute atomic E-state index is 12.9. The summed E-state index contributed by atoms with van der Waals surface area (Å²) in [5.41, 5.74) is 0. The van der Waals surface area contributed by atoms with Gasteiger partial charge in [0.15, 0.2) is 6.10 Å². The van der Waals surface area contributed by atoms with E-state index in [4.69, 9.17) is 23.3 Å². The van der Waals surface area contributed by atoms with Crippen LogP contribution in [0.4, 0.5) is 0 Å². The quantitative estimate of drug-likeness (QED) is 0.0197. The van der Waals surface area contributed by atoms with Crippen LogP contribution in [0.1, 0.15) is 278 Å². The molecule has 72 heavy (non-hydrogen) atoms. The zero-order valence-corrected chi connectivity index (χ0v) is 47.3. The average molecular weight is 1040 g/mol. The van der Waals surface area contributed by atoms with E-state index in [9.17, 15) is 28.9 Å². The van der Waals surface area contributed by atoms with Crippen molar-refractivity contribution in [3.05, 3.63) is 48.6 Å². The van der Waals surface area contributed by atoms with Crippen LogP contribution < -0.4 is 0 Å². The monoisotopic (exact) mass is 1040 g/mol. The van der Waals surface area contributed by atoms with E-state index in [1.807, 2.05) is 0 Å². The van der Waals surface area contributed by atoms with Crippen LogP contribution in [0, 0.1) is 0 Å². The lowest BCUT2D eigenvalue weighted by Crippen LogP contribution is -2.30. The summed E-state index contributed by atoms with van der Waals surface area (Å²) in [6.45, 7) is 4.52. The van der Waals surface area contributed by atoms with E-state index < -0.39 is 57.8 Å². The zero-order valence-electron chi connectivity index (χ0n) is 46.4. The van der Waals surface area contributed by atoms with Gasteiger partial charge >= 0.3 is 25.7 Å². The first-order valence-corrected chi connectivity index (χ1v) is 31.0. The summed E-state index contributed by atoms with van der Waals surface area (Å²) >= 11 is 0. The highest BCUT2D eigenvalue weighted by molar-refractivity contribution is 7.47. The zero-order chi connectivity index (χ0) is 52.7. The molecular formula is C60H109O11P. The van der Waals surface area contributed by atoms with Gasteiger partial charge in [-0.1, -0.05) is 230 Å². The molecule has 3 unspecified atom stereocenters. The van der Waals surface area contributed by atoms with Crippen molar-refractivity contribution in [3.8, 4) is 0 Å². The first kappa shape index (κ1) is 69.4. The fourth-order valence-electron chi connectivity index (χ4n) is 8.25. The van der Waals surface area contributed by atoms with Crippen molar-refractivity contribution >= 4 is 25.7 Å². The van der Waals surface area contributed by atoms with Gasteiger partial charge in [0.05, 0.1) is 19.8 Å². The van der Waals surface area contributed by atoms with Crippen molar-refractivity contribution in [1.29, 1.82) is 0 Å². The van der Waals surface area contributed by atoms with Crippen molar-refractivity contribution in [3.63, 3.8) is 0 Å². The third-order valence-corrected chi connectivity index (χ3v) is 13.7. The minimum absolute atomic E-state index is 0.150. The molecule has 12 heteroatoms. The van der Waals surface area contributed by atoms with Gasteiger partial charge in [0.25, 0.3) is 0 Å². The Hall–Kier alpha value is -2.56. The Morgan fingerprint density at radius 2 is 0.722 bits per heavy atom. The first-order chi connectivity index (χ1) is 35.2. The average Bonchev–Trinajstić information content (AvgIpc) is 3.37. The number of hydrogen-bond donors (Lipinski definition) is 2. The number of phosphoric ester groups is 1. The van der Waals surface area contributed by atoms with Crippen LogP contribution in [-0.4, -0.2) is 66.5 Å². The summed E-state index contributed by atoms with van der Waals surface area (Å²) in [5.74, 6) is -1.48. The topological polar surface area (TPSA) is 155 Å². The molecule has 0 aliphatic heterocycles. The Labute approximate surface area is 441 Å². The molecule has 420 valence electrons. The van der Waals surface area contributed by atoms with Gasteiger partial charge in [-0.05, 0) is 77.0 Å². The van der Waals surface area contributed by atoms with Crippen LogP contribution in [-0.2, 0) is 42.2 Å². The van der Waals surface area contributed by atoms with E-state index in [-0.39, 0.29) is 25.9 Å². The normalized spacial score (nSPS) is 13.7. The number of phosphoric acid groups is 1. The Kier molecular flexibility index (Phi) is 52.7. The minimum Gasteiger partial charge on any atom is -0.462 e. The van der Waals surface area contributed by atoms with Crippen molar-refractivity contribution in [1.82, 2.24) is 0 Å². The lowest BCUT2D eigenvalue weighted by Gasteiger charge is -2.21. The second-order valence-corrected chi connectivity index (χ2v) is 21.2. The Morgan fingerprint density at radius 3 is 1.14 bits per heavy atom. The molecule has 0 aliphatic rings. The van der Waals surface area contributed by atoms with Crippen LogP contribution in [0.3, 0.4) is 0 Å². The second-order valence-electron chi connectivity index (χ2n) is 19.8. The number of aliphatic hydroxyl groups excluding tert-OH is 1. The summed E-state index contributed by atoms with van der Waals surface area (Å²) in [4.78, 5) is 48.5. The van der Waals surface area contributed by atoms with Gasteiger partial charge in [0.1, 0.15) is 12.7 Å². The molecule has 0 saturated carbocycles. The molecule has 0 fully saturated rings. The molecule has 0 bridgehead atoms. The fraction of sp³-hybridized carbons (Fsp3) is 0.817. The van der Waals surface area contributed by atoms with Gasteiger partial charge in [0.2, 0.25) is 0 Å². The van der Waals surface area contributed by atoms with Crippen molar-refractivity contribution in [2.45, 2.75) is 290 Å². The summed E-state index contributed by atoms with van der Waals surface area (Å²) in [5, 5.41) is 9.81. The van der Waals surface area contributed by atoms with E-state index in [2.05, 4.69) is 69.4 Å². The molecule has 3 atom stereocenters. The molecule has 0 aromatic heterocycles. The maximum atomic E-state index is 12.9. The van der Waals surface area contributed by atoms with Gasteiger partial charge in [-0.15, -0.1) is 0 Å². The third kappa shape index (κ3) is 52.3. The van der Waals surface area contributed by atoms with Crippen LogP contribution in [0.25, 0.3) is 0 Å². The molecule has 0 aromatic rings. The predicted octanol–water partition coefficient (Wildman–Crippen LogP) is 17.4. The number of aliphatic hydroxyl groups is 1. The molecule has 0 saturated heterocycles. The number of allylic oxidation sites excluding steroid dienone is 8. The number of unbranched alkanes of at least 4 members (excludes halogenated alkanes) is 30. The van der Waals surface area contributed by atoms with Crippen molar-refractivity contribution in [2.24, 2.45) is 0 Å². The van der Waals surface area contributed by atoms with E-state index in [1.54, 1.807) is 0 Å². The van der Waals surface area contributed by atoms with Crippen molar-refractivity contribution in [2.75, 3.05) is 26.4 Å². The van der Waals surface area contributed by atoms with Crippen LogP contribution in [0.2, 0.25) is 0 Å². The largest absolute Gasteiger partial charge is 0.472 e. The number of carbonyl (C=O) groups is 3. The number of hydrogen-bond acceptors (Lipinski definition) is 10. The molecule has 0 rings (SSSR count). The Morgan fingerprint density at radius 1 is 0.403 bits per heavy atom. The highest BCUT2D eigenvalue weighted by Crippen LogP contribution is 2.43. The van der Waals surface area contributed by atoms with Crippen LogP contribution in [0.5, 0.6) is 0 Å². The van der Waals surface area contributed by atoms with Crippen LogP contribution >= 0.6 is 7.82 Å². The van der Waals surface area contributed by atoms with Gasteiger partial charge in [-0.3, -0.25) is 23.4 Å². The van der Waals surface area contributed by atoms with Gasteiger partial charge in [-0.25, -0.2) is 4.57 Å². The highest BCUT2D eigenvalue weighted by atomic mass is 31.2. The number of carbonyl (C=O) groups excluding carboxylic acids is 3. The molecule has 0 aromatic carbocycles. The summed E-state index contributed by atoms with van der Waals surface area (Å²) in [6.07, 6.45) is 57.8. The Bertz CT molecular complexity index is 1400. The molecule has 2 N–H and O–H groups in total. The molecule has 0 heterocycles. The minimum atomic E-state index is -4.75. The van der Waals surface area contributed by atoms with Crippen molar-refractivity contribution < 1.29 is 52.2 Å². The van der Waals surface area contributed by atoms with Gasteiger partial charge < -0.3 is 24.2 Å². The molecule has 0 radical (unpaired) electrons. The summed E-state index contributed by atoms with van der Waals surface area (Å²) in [7, 11) is -4.75. The van der Waals surface area contributed by atoms with E-state index in [0.29, 0.717) is 19.3 Å². The predicted molar refractivity (Wildman–Crippen MR) is 298 cm³/mol. The molecule has 0 amide bonds. The number of ether oxygens (including phenoxy) is 3. The SMILES string of the molecule is CC/C=C\C/C=C\C/C=C\CCCCCCCC(=O)OC(COC(=O)CCCCCCCCCCCCCCCCCCC)COP(=O)(O)OCC(CO)OC(=O)CCCCCCC/C=C\CCCCCC. The fourth-order valence-corrected chi connectivity index (χ4v) is 9.03. The van der Waals surface area contributed by atoms with E-state index in [1.165, 1.54) is 109 Å². The van der Waals surface area contributed by atoms with Gasteiger partial charge in [0, 0.05) is 19.3 Å². The number of rotatable bonds is 55. The second kappa shape index (κ2) is 54.7. The summed E-state index contributed by atoms with van der Waals surface area (Å²) in [6, 6.07) is 0. The lowest BCUT2D eigenvalue weighted by atomic mass is 10.0. The Balaban J connectivity index is 4.72. The standard InChI is InChI=1S/C60H109O11P/c1-4-7-10-13-16-19-22-25-27-28-30-32-34-37-40-43-46-49-58(62)67-53-57(71-60(64)51-48-45-42-39-36-33-29-26-23-20-17-14-11-8-5-2)55-69-72(65,66)68-54-56(52-61)70-59(63)50-47-44-41-38-35-31-24-21-18-15-12-9-6-3/h8,11,17,20-21,24,26,29,56-57,61H,4-7,9-10,12-16,18-19,22-23,25,27-28,30-55H2,1-3H3,(H,65,66)/b11-8-,20-17-,24-21-,29-26-. The molecule has 0 spiro atoms. The molecule has 0 aliphatic carbocycles. The molecular weight excluding hydrogens is 928 g/mol. The third-order valence-electron chi connectivity index (χ3n) is 12.7. The smallest absolute Gasteiger partial charge is 0.462 e. The lowest BCUT2D eigenvalue weighted by molar-refractivity contribution is -0.161.